The second-order valence-corrected chi connectivity index (χ2v) is 11.2. The van der Waals surface area contributed by atoms with Crippen LogP contribution in [0, 0.1) is 6.92 Å². The van der Waals surface area contributed by atoms with Gasteiger partial charge in [-0.25, -0.2) is 9.11 Å². The van der Waals surface area contributed by atoms with E-state index < -0.39 is 23.3 Å². The lowest BCUT2D eigenvalue weighted by Gasteiger charge is -2.15. The molecule has 44 heavy (non-hydrogen) atoms. The first-order chi connectivity index (χ1) is 21.3. The van der Waals surface area contributed by atoms with Gasteiger partial charge in [-0.05, 0) is 65.6 Å². The quantitative estimate of drug-likeness (QED) is 0.0695. The molecule has 0 radical (unpaired) electrons. The number of carbonyl (C=O) groups is 2. The van der Waals surface area contributed by atoms with E-state index in [1.54, 1.807) is 36.4 Å². The smallest absolute Gasteiger partial charge is 0.412 e. The first kappa shape index (κ1) is 32.8. The number of hydrogen-bond donors (Lipinski definition) is 4. The van der Waals surface area contributed by atoms with Gasteiger partial charge in [0.05, 0.1) is 24.9 Å². The third-order valence-electron chi connectivity index (χ3n) is 6.10. The largest absolute Gasteiger partial charge is 0.495 e. The fraction of sp³-hybridized carbons (Fsp3) is 0.167. The maximum atomic E-state index is 12.7. The number of aryl methyl sites for hydroxylation is 1. The Morgan fingerprint density at radius 1 is 1.05 bits per heavy atom. The molecule has 0 spiro atoms. The molecule has 2 unspecified atom stereocenters. The summed E-state index contributed by atoms with van der Waals surface area (Å²) in [4.78, 5) is 47.1. The predicted molar refractivity (Wildman–Crippen MR) is 168 cm³/mol. The Morgan fingerprint density at radius 2 is 1.82 bits per heavy atom. The molecule has 0 bridgehead atoms. The highest BCUT2D eigenvalue weighted by molar-refractivity contribution is 7.54. The Kier molecular flexibility index (Phi) is 12.0. The highest BCUT2D eigenvalue weighted by Gasteiger charge is 2.18. The van der Waals surface area contributed by atoms with Crippen LogP contribution in [-0.2, 0) is 25.0 Å². The van der Waals surface area contributed by atoms with Gasteiger partial charge < -0.3 is 33.6 Å². The van der Waals surface area contributed by atoms with Gasteiger partial charge in [0.15, 0.2) is 0 Å². The molecule has 14 heteroatoms. The van der Waals surface area contributed by atoms with Gasteiger partial charge in [-0.3, -0.25) is 15.1 Å². The number of anilines is 1. The van der Waals surface area contributed by atoms with Gasteiger partial charge in [-0.15, -0.1) is 0 Å². The zero-order chi connectivity index (χ0) is 31.5. The number of nitrogens with zero attached hydrogens (tertiary/aromatic N) is 1. The fourth-order valence-corrected chi connectivity index (χ4v) is 5.43. The molecule has 0 saturated heterocycles. The summed E-state index contributed by atoms with van der Waals surface area (Å²) in [5, 5.41) is 6.07. The monoisotopic (exact) mass is 639 g/mol. The van der Waals surface area contributed by atoms with Crippen molar-refractivity contribution >= 4 is 51.9 Å². The number of nitrogens with one attached hydrogen (secondary N) is 2. The van der Waals surface area contributed by atoms with Crippen molar-refractivity contribution in [3.63, 3.8) is 0 Å². The van der Waals surface area contributed by atoms with Crippen molar-refractivity contribution in [1.29, 1.82) is 0 Å². The minimum Gasteiger partial charge on any atom is -0.495 e. The van der Waals surface area contributed by atoms with Gasteiger partial charge in [0.25, 0.3) is 0 Å². The summed E-state index contributed by atoms with van der Waals surface area (Å²) >= 11 is 0. The van der Waals surface area contributed by atoms with Crippen LogP contribution >= 0.6 is 17.2 Å². The first-order valence-corrected chi connectivity index (χ1v) is 15.4. The van der Waals surface area contributed by atoms with Crippen molar-refractivity contribution in [2.75, 3.05) is 25.6 Å². The van der Waals surface area contributed by atoms with Crippen molar-refractivity contribution < 1.29 is 42.2 Å². The molecule has 0 fully saturated rings. The van der Waals surface area contributed by atoms with Crippen LogP contribution in [0.25, 0.3) is 16.5 Å². The Labute approximate surface area is 256 Å². The predicted octanol–water partition coefficient (Wildman–Crippen LogP) is 5.96. The third-order valence-corrected chi connectivity index (χ3v) is 7.99. The van der Waals surface area contributed by atoms with Crippen LogP contribution in [0.1, 0.15) is 22.4 Å². The highest BCUT2D eigenvalue weighted by atomic mass is 31.2. The average Bonchev–Trinajstić information content (AvgIpc) is 3.02. The number of ether oxygens (including phenoxy) is 2. The van der Waals surface area contributed by atoms with Gasteiger partial charge in [-0.1, -0.05) is 43.0 Å². The van der Waals surface area contributed by atoms with Crippen LogP contribution in [0.15, 0.2) is 79.4 Å². The second-order valence-electron chi connectivity index (χ2n) is 9.12. The number of benzene rings is 3. The van der Waals surface area contributed by atoms with Crippen molar-refractivity contribution in [1.82, 2.24) is 10.3 Å². The number of rotatable bonds is 15. The van der Waals surface area contributed by atoms with E-state index in [0.29, 0.717) is 23.4 Å². The summed E-state index contributed by atoms with van der Waals surface area (Å²) in [5.74, 6) is 0.713. The minimum atomic E-state index is -2.47. The molecular formula is C30H31N3O9P2. The molecule has 2 atom stereocenters. The van der Waals surface area contributed by atoms with E-state index in [1.807, 2.05) is 43.3 Å². The summed E-state index contributed by atoms with van der Waals surface area (Å²) in [6.07, 6.45) is -0.197. The number of para-hydroxylation sites is 1. The van der Waals surface area contributed by atoms with Crippen molar-refractivity contribution in [2.24, 2.45) is 0 Å². The number of fused-ring (bicyclic) bond motifs is 1. The lowest BCUT2D eigenvalue weighted by Crippen LogP contribution is -2.16. The van der Waals surface area contributed by atoms with E-state index in [4.69, 9.17) is 22.8 Å². The Balaban J connectivity index is 1.33. The van der Waals surface area contributed by atoms with E-state index >= 15 is 0 Å². The maximum Gasteiger partial charge on any atom is 0.412 e. The number of amides is 2. The van der Waals surface area contributed by atoms with Crippen LogP contribution in [0.2, 0.25) is 0 Å². The van der Waals surface area contributed by atoms with E-state index in [9.17, 15) is 19.4 Å². The van der Waals surface area contributed by atoms with Gasteiger partial charge in [0.2, 0.25) is 6.41 Å². The van der Waals surface area contributed by atoms with E-state index in [2.05, 4.69) is 22.2 Å². The highest BCUT2D eigenvalue weighted by Crippen LogP contribution is 2.49. The van der Waals surface area contributed by atoms with Gasteiger partial charge in [0.1, 0.15) is 18.1 Å². The van der Waals surface area contributed by atoms with Crippen LogP contribution in [0.3, 0.4) is 0 Å². The zero-order valence-electron chi connectivity index (χ0n) is 23.9. The lowest BCUT2D eigenvalue weighted by molar-refractivity contribution is -0.109. The fourth-order valence-electron chi connectivity index (χ4n) is 4.08. The molecule has 3 aromatic carbocycles. The molecule has 0 aliphatic heterocycles. The number of methoxy groups -OCH3 is 1. The number of aromatic nitrogens is 1. The molecular weight excluding hydrogens is 608 g/mol. The van der Waals surface area contributed by atoms with Gasteiger partial charge >= 0.3 is 23.3 Å². The standard InChI is InChI=1S/C30H31N3O9P2/c1-20-16-26(25-6-4-5-7-27(25)32-20)21(2)23-10-13-29(38-3)28(17-23)33-30(35)39-18-22-8-11-24(12-9-22)41-44(37)42-43(36)40-15-14-31-19-34/h4-13,16-17,19,36-37H,2,14-15,18H2,1,3H3,(H,31,34)(H,33,35). The van der Waals surface area contributed by atoms with Crippen LogP contribution in [-0.4, -0.2) is 47.5 Å². The van der Waals surface area contributed by atoms with Crippen molar-refractivity contribution in [3.05, 3.63) is 102 Å². The van der Waals surface area contributed by atoms with Gasteiger partial charge in [-0.2, -0.15) is 0 Å². The minimum absolute atomic E-state index is 0.00263. The van der Waals surface area contributed by atoms with Crippen LogP contribution in [0.4, 0.5) is 10.5 Å². The molecule has 0 aliphatic carbocycles. The van der Waals surface area contributed by atoms with E-state index in [-0.39, 0.29) is 25.5 Å². The third kappa shape index (κ3) is 9.17. The van der Waals surface area contributed by atoms with Crippen molar-refractivity contribution in [2.45, 2.75) is 13.5 Å². The van der Waals surface area contributed by atoms with Crippen LogP contribution < -0.4 is 19.9 Å². The number of carbonyl (C=O) groups excluding carboxylic acids is 2. The maximum absolute atomic E-state index is 12.7. The Hall–Kier alpha value is -4.15. The molecule has 1 aromatic heterocycles. The van der Waals surface area contributed by atoms with Crippen molar-refractivity contribution in [3.8, 4) is 11.5 Å². The molecule has 4 N–H and O–H groups in total. The Bertz CT molecular complexity index is 1610. The zero-order valence-corrected chi connectivity index (χ0v) is 25.7. The molecule has 1 heterocycles. The second kappa shape index (κ2) is 16.1. The van der Waals surface area contributed by atoms with E-state index in [0.717, 1.165) is 33.3 Å². The molecule has 12 nitrogen and oxygen atoms in total. The molecule has 4 rings (SSSR count). The van der Waals surface area contributed by atoms with Crippen LogP contribution in [0.5, 0.6) is 11.5 Å². The van der Waals surface area contributed by atoms with E-state index in [1.165, 1.54) is 7.11 Å². The normalized spacial score (nSPS) is 12.2. The molecule has 0 aliphatic rings. The summed E-state index contributed by atoms with van der Waals surface area (Å²) in [6, 6.07) is 21.6. The summed E-state index contributed by atoms with van der Waals surface area (Å²) in [5.41, 5.74) is 5.30. The number of hydrogen-bond acceptors (Lipinski definition) is 10. The summed E-state index contributed by atoms with van der Waals surface area (Å²) in [6.45, 7) is 6.39. The molecule has 4 aromatic rings. The first-order valence-electron chi connectivity index (χ1n) is 13.2. The molecule has 230 valence electrons. The SMILES string of the molecule is C=C(c1ccc(OC)c(NC(=O)OCc2ccc(OP(O)OP(O)OCCNC=O)cc2)c1)c1cc(C)nc2ccccc12. The Morgan fingerprint density at radius 3 is 2.57 bits per heavy atom. The summed E-state index contributed by atoms with van der Waals surface area (Å²) < 4.78 is 25.9. The summed E-state index contributed by atoms with van der Waals surface area (Å²) in [7, 11) is -3.35. The topological polar surface area (TPSA) is 158 Å². The lowest BCUT2D eigenvalue weighted by atomic mass is 9.95. The number of pyridine rings is 1. The van der Waals surface area contributed by atoms with Gasteiger partial charge in [0, 0.05) is 17.6 Å². The molecule has 0 saturated carbocycles. The average molecular weight is 640 g/mol. The molecule has 2 amide bonds.